The van der Waals surface area contributed by atoms with Crippen molar-refractivity contribution in [3.8, 4) is 0 Å². The van der Waals surface area contributed by atoms with Crippen LogP contribution in [0.25, 0.3) is 0 Å². The highest BCUT2D eigenvalue weighted by atomic mass is 17.1. The number of ether oxygens (including phenoxy) is 1. The third kappa shape index (κ3) is 3.72. The predicted octanol–water partition coefficient (Wildman–Crippen LogP) is 3.98. The van der Waals surface area contributed by atoms with E-state index in [2.05, 4.69) is 25.7 Å². The predicted molar refractivity (Wildman–Crippen MR) is 64.1 cm³/mol. The van der Waals surface area contributed by atoms with E-state index in [1.54, 1.807) is 0 Å². The second-order valence-electron chi connectivity index (χ2n) is 5.15. The zero-order valence-corrected chi connectivity index (χ0v) is 10.9. The summed E-state index contributed by atoms with van der Waals surface area (Å²) in [6.45, 7) is 6.31. The number of rotatable bonds is 6. The van der Waals surface area contributed by atoms with Gasteiger partial charge in [-0.25, -0.2) is 10.1 Å². The van der Waals surface area contributed by atoms with Crippen LogP contribution >= 0.6 is 0 Å². The Hall–Kier alpha value is -0.120. The first kappa shape index (κ1) is 13.9. The molecule has 1 unspecified atom stereocenters. The maximum absolute atomic E-state index is 9.01. The van der Waals surface area contributed by atoms with Gasteiger partial charge in [0.05, 0.1) is 5.60 Å². The minimum atomic E-state index is -0.440. The zero-order valence-electron chi connectivity index (χ0n) is 10.9. The standard InChI is InChI=1S/C13H26O3/c1-4-13(3,5-2)15-12(16-14)11-9-7-6-8-10-11/h11-12,14H,4-10H2,1-3H3. The zero-order chi connectivity index (χ0) is 12.0. The molecule has 3 nitrogen and oxygen atoms in total. The third-order valence-electron chi connectivity index (χ3n) is 4.04. The molecule has 0 aromatic carbocycles. The fourth-order valence-corrected chi connectivity index (χ4v) is 2.31. The lowest BCUT2D eigenvalue weighted by Crippen LogP contribution is -2.38. The Kier molecular flexibility index (Phi) is 5.73. The van der Waals surface area contributed by atoms with Crippen molar-refractivity contribution in [3.63, 3.8) is 0 Å². The molecule has 16 heavy (non-hydrogen) atoms. The van der Waals surface area contributed by atoms with Crippen LogP contribution in [0.4, 0.5) is 0 Å². The second-order valence-corrected chi connectivity index (χ2v) is 5.15. The summed E-state index contributed by atoms with van der Waals surface area (Å²) in [6.07, 6.45) is 7.40. The van der Waals surface area contributed by atoms with Gasteiger partial charge in [-0.3, -0.25) is 0 Å². The number of hydrogen-bond acceptors (Lipinski definition) is 3. The van der Waals surface area contributed by atoms with Crippen molar-refractivity contribution in [2.75, 3.05) is 0 Å². The summed E-state index contributed by atoms with van der Waals surface area (Å²) in [5, 5.41) is 9.01. The largest absolute Gasteiger partial charge is 0.343 e. The molecule has 0 amide bonds. The first-order valence-corrected chi connectivity index (χ1v) is 6.63. The van der Waals surface area contributed by atoms with E-state index in [0.717, 1.165) is 25.7 Å². The summed E-state index contributed by atoms with van der Waals surface area (Å²) in [6, 6.07) is 0. The highest BCUT2D eigenvalue weighted by molar-refractivity contribution is 4.75. The monoisotopic (exact) mass is 230 g/mol. The van der Waals surface area contributed by atoms with E-state index in [-0.39, 0.29) is 5.60 Å². The van der Waals surface area contributed by atoms with Crippen molar-refractivity contribution < 1.29 is 14.9 Å². The van der Waals surface area contributed by atoms with Crippen molar-refractivity contribution in [3.05, 3.63) is 0 Å². The molecular formula is C13H26O3. The van der Waals surface area contributed by atoms with Gasteiger partial charge in [0.1, 0.15) is 0 Å². The lowest BCUT2D eigenvalue weighted by molar-refractivity contribution is -0.381. The van der Waals surface area contributed by atoms with Gasteiger partial charge in [0, 0.05) is 5.92 Å². The molecule has 1 atom stereocenters. The van der Waals surface area contributed by atoms with E-state index in [4.69, 9.17) is 9.99 Å². The molecule has 3 heteroatoms. The Bertz CT molecular complexity index is 184. The molecule has 1 aliphatic carbocycles. The van der Waals surface area contributed by atoms with E-state index in [1.807, 2.05) is 0 Å². The van der Waals surface area contributed by atoms with Crippen LogP contribution < -0.4 is 0 Å². The highest BCUT2D eigenvalue weighted by Crippen LogP contribution is 2.32. The molecule has 0 aromatic heterocycles. The van der Waals surface area contributed by atoms with Crippen LogP contribution in [0.5, 0.6) is 0 Å². The average molecular weight is 230 g/mol. The molecular weight excluding hydrogens is 204 g/mol. The van der Waals surface area contributed by atoms with Crippen LogP contribution in [0.1, 0.15) is 65.7 Å². The molecule has 0 aromatic rings. The van der Waals surface area contributed by atoms with E-state index in [1.165, 1.54) is 19.3 Å². The van der Waals surface area contributed by atoms with Crippen LogP contribution in [0.3, 0.4) is 0 Å². The fraction of sp³-hybridized carbons (Fsp3) is 1.00. The molecule has 0 bridgehead atoms. The van der Waals surface area contributed by atoms with Gasteiger partial charge in [-0.15, -0.1) is 0 Å². The lowest BCUT2D eigenvalue weighted by atomic mass is 9.88. The van der Waals surface area contributed by atoms with E-state index in [0.29, 0.717) is 5.92 Å². The van der Waals surface area contributed by atoms with Gasteiger partial charge in [-0.2, -0.15) is 0 Å². The quantitative estimate of drug-likeness (QED) is 0.426. The Morgan fingerprint density at radius 3 is 2.19 bits per heavy atom. The van der Waals surface area contributed by atoms with Crippen LogP contribution in [0.2, 0.25) is 0 Å². The summed E-state index contributed by atoms with van der Waals surface area (Å²) in [5.74, 6) is 0.358. The Morgan fingerprint density at radius 2 is 1.75 bits per heavy atom. The molecule has 0 radical (unpaired) electrons. The van der Waals surface area contributed by atoms with Crippen molar-refractivity contribution in [2.45, 2.75) is 77.6 Å². The maximum Gasteiger partial charge on any atom is 0.194 e. The maximum atomic E-state index is 9.01. The molecule has 0 aliphatic heterocycles. The van der Waals surface area contributed by atoms with Gasteiger partial charge >= 0.3 is 0 Å². The van der Waals surface area contributed by atoms with Gasteiger partial charge < -0.3 is 4.74 Å². The van der Waals surface area contributed by atoms with Gasteiger partial charge in [0.25, 0.3) is 0 Å². The SMILES string of the molecule is CCC(C)(CC)OC(OO)C1CCCCC1. The minimum Gasteiger partial charge on any atom is -0.343 e. The molecule has 1 N–H and O–H groups in total. The lowest BCUT2D eigenvalue weighted by Gasteiger charge is -2.35. The van der Waals surface area contributed by atoms with Gasteiger partial charge in [0.15, 0.2) is 6.29 Å². The molecule has 1 rings (SSSR count). The van der Waals surface area contributed by atoms with Crippen molar-refractivity contribution >= 4 is 0 Å². The number of hydrogen-bond donors (Lipinski definition) is 1. The van der Waals surface area contributed by atoms with Crippen LogP contribution in [0.15, 0.2) is 0 Å². The molecule has 1 fully saturated rings. The van der Waals surface area contributed by atoms with E-state index >= 15 is 0 Å². The highest BCUT2D eigenvalue weighted by Gasteiger charge is 2.32. The van der Waals surface area contributed by atoms with Crippen molar-refractivity contribution in [2.24, 2.45) is 5.92 Å². The summed E-state index contributed by atoms with van der Waals surface area (Å²) in [7, 11) is 0. The summed E-state index contributed by atoms with van der Waals surface area (Å²) >= 11 is 0. The van der Waals surface area contributed by atoms with Gasteiger partial charge in [-0.05, 0) is 32.6 Å². The minimum absolute atomic E-state index is 0.176. The smallest absolute Gasteiger partial charge is 0.194 e. The van der Waals surface area contributed by atoms with Gasteiger partial charge in [0.2, 0.25) is 0 Å². The first-order valence-electron chi connectivity index (χ1n) is 6.63. The summed E-state index contributed by atoms with van der Waals surface area (Å²) < 4.78 is 5.95. The van der Waals surface area contributed by atoms with Crippen molar-refractivity contribution in [1.82, 2.24) is 0 Å². The third-order valence-corrected chi connectivity index (χ3v) is 4.04. The van der Waals surface area contributed by atoms with Crippen molar-refractivity contribution in [1.29, 1.82) is 0 Å². The topological polar surface area (TPSA) is 38.7 Å². The van der Waals surface area contributed by atoms with Crippen LogP contribution in [0, 0.1) is 5.92 Å². The molecule has 0 spiro atoms. The van der Waals surface area contributed by atoms with Crippen LogP contribution in [-0.4, -0.2) is 17.1 Å². The average Bonchev–Trinajstić information content (AvgIpc) is 2.36. The summed E-state index contributed by atoms with van der Waals surface area (Å²) in [5.41, 5.74) is -0.176. The summed E-state index contributed by atoms with van der Waals surface area (Å²) in [4.78, 5) is 4.57. The molecule has 1 saturated carbocycles. The normalized spacial score (nSPS) is 21.0. The molecule has 0 heterocycles. The van der Waals surface area contributed by atoms with Gasteiger partial charge in [-0.1, -0.05) is 33.1 Å². The molecule has 1 aliphatic rings. The van der Waals surface area contributed by atoms with E-state index < -0.39 is 6.29 Å². The molecule has 0 saturated heterocycles. The molecule has 96 valence electrons. The Labute approximate surface area is 99.1 Å². The Balaban J connectivity index is 2.52. The van der Waals surface area contributed by atoms with Crippen LogP contribution in [-0.2, 0) is 9.62 Å². The Morgan fingerprint density at radius 1 is 1.19 bits per heavy atom. The van der Waals surface area contributed by atoms with E-state index in [9.17, 15) is 0 Å². The second kappa shape index (κ2) is 6.58. The fourth-order valence-electron chi connectivity index (χ4n) is 2.31. The first-order chi connectivity index (χ1) is 7.65.